The predicted molar refractivity (Wildman–Crippen MR) is 63.6 cm³/mol. The molecule has 0 N–H and O–H groups in total. The standard InChI is InChI=1S/C13H20N2O/c1-9(2)12-8-11(14-15(12)3)13(16)10-6-4-5-7-10/h8-10H,4-7H2,1-3H3. The summed E-state index contributed by atoms with van der Waals surface area (Å²) in [5.74, 6) is 0.901. The van der Waals surface area contributed by atoms with Gasteiger partial charge in [0, 0.05) is 18.7 Å². The van der Waals surface area contributed by atoms with Gasteiger partial charge < -0.3 is 0 Å². The van der Waals surface area contributed by atoms with Gasteiger partial charge in [-0.15, -0.1) is 0 Å². The smallest absolute Gasteiger partial charge is 0.186 e. The molecule has 3 heteroatoms. The third-order valence-corrected chi connectivity index (χ3v) is 3.49. The fourth-order valence-electron chi connectivity index (χ4n) is 2.54. The number of aryl methyl sites for hydroxylation is 1. The SMILES string of the molecule is CC(C)c1cc(C(=O)C2CCCC2)nn1C. The number of carbonyl (C=O) groups is 1. The van der Waals surface area contributed by atoms with E-state index in [-0.39, 0.29) is 11.7 Å². The largest absolute Gasteiger partial charge is 0.292 e. The zero-order chi connectivity index (χ0) is 11.7. The number of rotatable bonds is 3. The van der Waals surface area contributed by atoms with E-state index in [4.69, 9.17) is 0 Å². The molecule has 0 spiro atoms. The highest BCUT2D eigenvalue weighted by atomic mass is 16.1. The maximum atomic E-state index is 12.2. The number of carbonyl (C=O) groups excluding carboxylic acids is 1. The van der Waals surface area contributed by atoms with Gasteiger partial charge in [0.05, 0.1) is 0 Å². The summed E-state index contributed by atoms with van der Waals surface area (Å²) in [6, 6.07) is 1.96. The monoisotopic (exact) mass is 220 g/mol. The molecule has 3 nitrogen and oxygen atoms in total. The van der Waals surface area contributed by atoms with Crippen LogP contribution in [0.25, 0.3) is 0 Å². The summed E-state index contributed by atoms with van der Waals surface area (Å²) in [7, 11) is 1.92. The number of hydrogen-bond acceptors (Lipinski definition) is 2. The Balaban J connectivity index is 2.20. The Morgan fingerprint density at radius 3 is 2.56 bits per heavy atom. The second-order valence-corrected chi connectivity index (χ2v) is 5.08. The first-order valence-corrected chi connectivity index (χ1v) is 6.17. The van der Waals surface area contributed by atoms with Crippen molar-refractivity contribution >= 4 is 5.78 Å². The van der Waals surface area contributed by atoms with Gasteiger partial charge >= 0.3 is 0 Å². The average Bonchev–Trinajstić information content (AvgIpc) is 2.84. The van der Waals surface area contributed by atoms with Crippen molar-refractivity contribution in [1.29, 1.82) is 0 Å². The second kappa shape index (κ2) is 4.40. The predicted octanol–water partition coefficient (Wildman–Crippen LogP) is 2.92. The average molecular weight is 220 g/mol. The first-order valence-electron chi connectivity index (χ1n) is 6.17. The summed E-state index contributed by atoms with van der Waals surface area (Å²) in [4.78, 5) is 12.2. The van der Waals surface area contributed by atoms with Gasteiger partial charge in [-0.05, 0) is 24.8 Å². The topological polar surface area (TPSA) is 34.9 Å². The fourth-order valence-corrected chi connectivity index (χ4v) is 2.54. The maximum Gasteiger partial charge on any atom is 0.186 e. The molecule has 0 aliphatic heterocycles. The molecule has 0 saturated heterocycles. The van der Waals surface area contributed by atoms with E-state index in [2.05, 4.69) is 18.9 Å². The van der Waals surface area contributed by atoms with Crippen LogP contribution in [0.3, 0.4) is 0 Å². The van der Waals surface area contributed by atoms with Crippen molar-refractivity contribution < 1.29 is 4.79 Å². The maximum absolute atomic E-state index is 12.2. The molecular weight excluding hydrogens is 200 g/mol. The molecule has 0 bridgehead atoms. The summed E-state index contributed by atoms with van der Waals surface area (Å²) in [6.07, 6.45) is 4.49. The lowest BCUT2D eigenvalue weighted by Crippen LogP contribution is -2.11. The third kappa shape index (κ3) is 2.04. The van der Waals surface area contributed by atoms with Crippen molar-refractivity contribution in [3.8, 4) is 0 Å². The fraction of sp³-hybridized carbons (Fsp3) is 0.692. The molecule has 1 fully saturated rings. The van der Waals surface area contributed by atoms with Crippen LogP contribution in [0, 0.1) is 5.92 Å². The van der Waals surface area contributed by atoms with Crippen LogP contribution in [0.4, 0.5) is 0 Å². The zero-order valence-electron chi connectivity index (χ0n) is 10.4. The van der Waals surface area contributed by atoms with E-state index >= 15 is 0 Å². The van der Waals surface area contributed by atoms with Crippen LogP contribution < -0.4 is 0 Å². The van der Waals surface area contributed by atoms with E-state index in [0.29, 0.717) is 11.6 Å². The van der Waals surface area contributed by atoms with Crippen LogP contribution in [0.2, 0.25) is 0 Å². The van der Waals surface area contributed by atoms with Gasteiger partial charge in [0.2, 0.25) is 0 Å². The molecule has 0 radical (unpaired) electrons. The molecule has 1 aromatic heterocycles. The number of Topliss-reactive ketones (excluding diaryl/α,β-unsaturated/α-hetero) is 1. The van der Waals surface area contributed by atoms with Crippen molar-refractivity contribution in [3.63, 3.8) is 0 Å². The first kappa shape index (κ1) is 11.4. The van der Waals surface area contributed by atoms with Gasteiger partial charge in [0.15, 0.2) is 5.78 Å². The molecule has 16 heavy (non-hydrogen) atoms. The van der Waals surface area contributed by atoms with E-state index in [0.717, 1.165) is 18.5 Å². The number of aromatic nitrogens is 2. The first-order chi connectivity index (χ1) is 7.59. The van der Waals surface area contributed by atoms with Crippen LogP contribution in [0.15, 0.2) is 6.07 Å². The van der Waals surface area contributed by atoms with Gasteiger partial charge in [0.25, 0.3) is 0 Å². The quantitative estimate of drug-likeness (QED) is 0.734. The minimum atomic E-state index is 0.231. The molecule has 1 heterocycles. The van der Waals surface area contributed by atoms with Crippen molar-refractivity contribution in [2.75, 3.05) is 0 Å². The van der Waals surface area contributed by atoms with Crippen LogP contribution >= 0.6 is 0 Å². The lowest BCUT2D eigenvalue weighted by Gasteiger charge is -2.03. The van der Waals surface area contributed by atoms with E-state index in [1.165, 1.54) is 12.8 Å². The van der Waals surface area contributed by atoms with Crippen molar-refractivity contribution in [2.24, 2.45) is 13.0 Å². The summed E-state index contributed by atoms with van der Waals surface area (Å²) in [6.45, 7) is 4.25. The minimum Gasteiger partial charge on any atom is -0.292 e. The minimum absolute atomic E-state index is 0.231. The highest BCUT2D eigenvalue weighted by molar-refractivity contribution is 5.96. The Morgan fingerprint density at radius 1 is 1.44 bits per heavy atom. The Morgan fingerprint density at radius 2 is 2.06 bits per heavy atom. The van der Waals surface area contributed by atoms with Crippen molar-refractivity contribution in [1.82, 2.24) is 9.78 Å². The lowest BCUT2D eigenvalue weighted by molar-refractivity contribution is 0.0917. The molecule has 1 saturated carbocycles. The van der Waals surface area contributed by atoms with Gasteiger partial charge in [-0.1, -0.05) is 26.7 Å². The molecule has 0 unspecified atom stereocenters. The van der Waals surface area contributed by atoms with Crippen molar-refractivity contribution in [2.45, 2.75) is 45.4 Å². The molecule has 0 atom stereocenters. The molecule has 0 aromatic carbocycles. The highest BCUT2D eigenvalue weighted by Gasteiger charge is 2.26. The van der Waals surface area contributed by atoms with Gasteiger partial charge in [-0.2, -0.15) is 5.10 Å². The Labute approximate surface area is 96.8 Å². The Hall–Kier alpha value is -1.12. The van der Waals surface area contributed by atoms with Gasteiger partial charge in [0.1, 0.15) is 5.69 Å². The van der Waals surface area contributed by atoms with Crippen LogP contribution in [-0.4, -0.2) is 15.6 Å². The molecule has 1 aliphatic rings. The number of ketones is 1. The number of nitrogens with zero attached hydrogens (tertiary/aromatic N) is 2. The van der Waals surface area contributed by atoms with Crippen LogP contribution in [-0.2, 0) is 7.05 Å². The summed E-state index contributed by atoms with van der Waals surface area (Å²) < 4.78 is 1.84. The van der Waals surface area contributed by atoms with E-state index in [9.17, 15) is 4.79 Å². The summed E-state index contributed by atoms with van der Waals surface area (Å²) >= 11 is 0. The van der Waals surface area contributed by atoms with Crippen molar-refractivity contribution in [3.05, 3.63) is 17.5 Å². The molecule has 1 aromatic rings. The van der Waals surface area contributed by atoms with Gasteiger partial charge in [-0.3, -0.25) is 9.48 Å². The third-order valence-electron chi connectivity index (χ3n) is 3.49. The Kier molecular flexibility index (Phi) is 3.13. The lowest BCUT2D eigenvalue weighted by atomic mass is 9.99. The van der Waals surface area contributed by atoms with Crippen LogP contribution in [0.1, 0.15) is 61.6 Å². The Bertz CT molecular complexity index is 387. The van der Waals surface area contributed by atoms with E-state index in [1.54, 1.807) is 0 Å². The van der Waals surface area contributed by atoms with Crippen LogP contribution in [0.5, 0.6) is 0 Å². The molecule has 88 valence electrons. The van der Waals surface area contributed by atoms with E-state index in [1.807, 2.05) is 17.8 Å². The van der Waals surface area contributed by atoms with E-state index < -0.39 is 0 Å². The molecule has 0 amide bonds. The highest BCUT2D eigenvalue weighted by Crippen LogP contribution is 2.28. The molecule has 1 aliphatic carbocycles. The molecular formula is C13H20N2O. The normalized spacial score (nSPS) is 17.2. The van der Waals surface area contributed by atoms with Gasteiger partial charge in [-0.25, -0.2) is 0 Å². The number of hydrogen-bond donors (Lipinski definition) is 0. The molecule has 2 rings (SSSR count). The summed E-state index contributed by atoms with van der Waals surface area (Å²) in [5, 5.41) is 4.34. The zero-order valence-corrected chi connectivity index (χ0v) is 10.4. The second-order valence-electron chi connectivity index (χ2n) is 5.08. The summed E-state index contributed by atoms with van der Waals surface area (Å²) in [5.41, 5.74) is 1.81.